The first-order chi connectivity index (χ1) is 11.5. The average molecular weight is 354 g/mol. The predicted octanol–water partition coefficient (Wildman–Crippen LogP) is 2.44. The number of hydrogen-bond acceptors (Lipinski definition) is 5. The lowest BCUT2D eigenvalue weighted by Gasteiger charge is -2.23. The number of nitrogens with zero attached hydrogens (tertiary/aromatic N) is 1. The second kappa shape index (κ2) is 8.63. The number of rotatable bonds is 4. The van der Waals surface area contributed by atoms with Gasteiger partial charge in [-0.25, -0.2) is 14.6 Å². The minimum Gasteiger partial charge on any atom is -0.449 e. The number of ether oxygens (including phenoxy) is 1. The van der Waals surface area contributed by atoms with Crippen LogP contribution in [0.15, 0.2) is 18.3 Å². The molecule has 0 aliphatic heterocycles. The fourth-order valence-electron chi connectivity index (χ4n) is 2.46. The van der Waals surface area contributed by atoms with E-state index in [0.29, 0.717) is 0 Å². The molecule has 0 bridgehead atoms. The Bertz CT molecular complexity index is 600. The molecule has 1 fully saturated rings. The largest absolute Gasteiger partial charge is 0.449 e. The van der Waals surface area contributed by atoms with Crippen molar-refractivity contribution in [2.75, 3.05) is 0 Å². The van der Waals surface area contributed by atoms with E-state index < -0.39 is 24.0 Å². The number of carbonyl (C=O) groups excluding carboxylic acids is 3. The number of pyridine rings is 1. The summed E-state index contributed by atoms with van der Waals surface area (Å²) in [5.74, 6) is -1.40. The Kier molecular flexibility index (Phi) is 6.54. The molecule has 8 heteroatoms. The highest BCUT2D eigenvalue weighted by Crippen LogP contribution is 2.17. The maximum Gasteiger partial charge on any atom is 0.340 e. The topological polar surface area (TPSA) is 97.4 Å². The lowest BCUT2D eigenvalue weighted by Crippen LogP contribution is -2.48. The van der Waals surface area contributed by atoms with E-state index in [0.717, 1.165) is 25.7 Å². The van der Waals surface area contributed by atoms with Crippen LogP contribution in [0.25, 0.3) is 0 Å². The molecule has 7 nitrogen and oxygen atoms in total. The lowest BCUT2D eigenvalue weighted by molar-refractivity contribution is -0.127. The molecule has 0 aromatic carbocycles. The summed E-state index contributed by atoms with van der Waals surface area (Å²) in [5.41, 5.74) is 0.172. The quantitative estimate of drug-likeness (QED) is 0.640. The Balaban J connectivity index is 1.79. The van der Waals surface area contributed by atoms with Crippen molar-refractivity contribution in [1.82, 2.24) is 15.6 Å². The summed E-state index contributed by atoms with van der Waals surface area (Å²) in [6.45, 7) is 1.39. The van der Waals surface area contributed by atoms with Crippen molar-refractivity contribution < 1.29 is 19.1 Å². The van der Waals surface area contributed by atoms with Crippen LogP contribution in [0.3, 0.4) is 0 Å². The number of urea groups is 1. The van der Waals surface area contributed by atoms with Gasteiger partial charge in [-0.3, -0.25) is 10.1 Å². The Labute approximate surface area is 145 Å². The average Bonchev–Trinajstić information content (AvgIpc) is 2.56. The molecule has 130 valence electrons. The number of hydrogen-bond donors (Lipinski definition) is 2. The normalized spacial score (nSPS) is 16.1. The first kappa shape index (κ1) is 18.2. The summed E-state index contributed by atoms with van der Waals surface area (Å²) in [7, 11) is 0. The molecule has 2 rings (SSSR count). The molecule has 1 aromatic rings. The van der Waals surface area contributed by atoms with Gasteiger partial charge in [-0.05, 0) is 31.9 Å². The van der Waals surface area contributed by atoms with Gasteiger partial charge in [0, 0.05) is 12.2 Å². The van der Waals surface area contributed by atoms with Crippen LogP contribution in [0.5, 0.6) is 0 Å². The molecule has 1 heterocycles. The smallest absolute Gasteiger partial charge is 0.340 e. The zero-order chi connectivity index (χ0) is 17.5. The number of amides is 3. The van der Waals surface area contributed by atoms with Crippen LogP contribution < -0.4 is 10.6 Å². The van der Waals surface area contributed by atoms with Crippen LogP contribution in [-0.2, 0) is 9.53 Å². The van der Waals surface area contributed by atoms with Gasteiger partial charge in [-0.2, -0.15) is 0 Å². The molecule has 0 saturated heterocycles. The van der Waals surface area contributed by atoms with Crippen molar-refractivity contribution in [3.8, 4) is 0 Å². The summed E-state index contributed by atoms with van der Waals surface area (Å²) in [6.07, 6.45) is 5.29. The number of carbonyl (C=O) groups is 3. The number of halogens is 1. The van der Waals surface area contributed by atoms with Crippen LogP contribution in [0, 0.1) is 0 Å². The zero-order valence-electron chi connectivity index (χ0n) is 13.4. The monoisotopic (exact) mass is 353 g/mol. The minimum atomic E-state index is -1.11. The van der Waals surface area contributed by atoms with Crippen molar-refractivity contribution in [2.24, 2.45) is 0 Å². The lowest BCUT2D eigenvalue weighted by atomic mass is 9.96. The maximum atomic E-state index is 11.9. The minimum absolute atomic E-state index is 0.0875. The third-order valence-corrected chi connectivity index (χ3v) is 4.02. The van der Waals surface area contributed by atoms with Crippen LogP contribution in [0.1, 0.15) is 49.4 Å². The second-order valence-electron chi connectivity index (χ2n) is 5.71. The summed E-state index contributed by atoms with van der Waals surface area (Å²) in [4.78, 5) is 39.4. The van der Waals surface area contributed by atoms with Crippen molar-refractivity contribution in [3.05, 3.63) is 29.0 Å². The van der Waals surface area contributed by atoms with Gasteiger partial charge < -0.3 is 10.1 Å². The highest BCUT2D eigenvalue weighted by molar-refractivity contribution is 6.29. The summed E-state index contributed by atoms with van der Waals surface area (Å²) in [6, 6.07) is 2.41. The van der Waals surface area contributed by atoms with E-state index in [-0.39, 0.29) is 16.8 Å². The number of aromatic nitrogens is 1. The van der Waals surface area contributed by atoms with Crippen molar-refractivity contribution in [3.63, 3.8) is 0 Å². The molecule has 1 aliphatic carbocycles. The molecular formula is C16H20ClN3O4. The van der Waals surface area contributed by atoms with Gasteiger partial charge in [0.1, 0.15) is 5.15 Å². The highest BCUT2D eigenvalue weighted by Gasteiger charge is 2.22. The molecule has 0 spiro atoms. The Morgan fingerprint density at radius 3 is 2.58 bits per heavy atom. The van der Waals surface area contributed by atoms with Gasteiger partial charge in [0.25, 0.3) is 5.91 Å². The van der Waals surface area contributed by atoms with E-state index in [4.69, 9.17) is 16.3 Å². The standard InChI is InChI=1S/C16H20ClN3O4/c1-10(24-15(22)11-7-8-13(17)18-9-11)14(21)20-16(23)19-12-5-3-2-4-6-12/h7-10,12H,2-6H2,1H3,(H2,19,20,21,23). The van der Waals surface area contributed by atoms with Crippen LogP contribution in [0.4, 0.5) is 4.79 Å². The second-order valence-corrected chi connectivity index (χ2v) is 6.10. The summed E-state index contributed by atoms with van der Waals surface area (Å²) < 4.78 is 5.01. The van der Waals surface area contributed by atoms with Gasteiger partial charge in [-0.1, -0.05) is 30.9 Å². The van der Waals surface area contributed by atoms with E-state index in [2.05, 4.69) is 15.6 Å². The molecule has 1 atom stereocenters. The van der Waals surface area contributed by atoms with Crippen LogP contribution >= 0.6 is 11.6 Å². The Morgan fingerprint density at radius 1 is 1.25 bits per heavy atom. The molecule has 2 N–H and O–H groups in total. The van der Waals surface area contributed by atoms with E-state index in [1.807, 2.05) is 0 Å². The number of imide groups is 1. The Morgan fingerprint density at radius 2 is 1.96 bits per heavy atom. The van der Waals surface area contributed by atoms with Gasteiger partial charge >= 0.3 is 12.0 Å². The molecule has 1 saturated carbocycles. The Hall–Kier alpha value is -2.15. The molecule has 1 aromatic heterocycles. The highest BCUT2D eigenvalue weighted by atomic mass is 35.5. The summed E-state index contributed by atoms with van der Waals surface area (Å²) in [5, 5.41) is 5.20. The maximum absolute atomic E-state index is 11.9. The van der Waals surface area contributed by atoms with E-state index in [9.17, 15) is 14.4 Å². The molecular weight excluding hydrogens is 334 g/mol. The molecule has 24 heavy (non-hydrogen) atoms. The number of nitrogens with one attached hydrogen (secondary N) is 2. The fourth-order valence-corrected chi connectivity index (χ4v) is 2.57. The molecule has 1 unspecified atom stereocenters. The van der Waals surface area contributed by atoms with Crippen molar-refractivity contribution in [1.29, 1.82) is 0 Å². The molecule has 0 radical (unpaired) electrons. The van der Waals surface area contributed by atoms with E-state index in [1.54, 1.807) is 0 Å². The van der Waals surface area contributed by atoms with Crippen molar-refractivity contribution in [2.45, 2.75) is 51.2 Å². The SMILES string of the molecule is CC(OC(=O)c1ccc(Cl)nc1)C(=O)NC(=O)NC1CCCCC1. The first-order valence-electron chi connectivity index (χ1n) is 7.89. The van der Waals surface area contributed by atoms with Crippen LogP contribution in [0.2, 0.25) is 5.15 Å². The molecule has 3 amide bonds. The number of esters is 1. The van der Waals surface area contributed by atoms with Gasteiger partial charge in [-0.15, -0.1) is 0 Å². The fraction of sp³-hybridized carbons (Fsp3) is 0.500. The first-order valence-corrected chi connectivity index (χ1v) is 8.27. The van der Waals surface area contributed by atoms with Gasteiger partial charge in [0.2, 0.25) is 0 Å². The zero-order valence-corrected chi connectivity index (χ0v) is 14.1. The third kappa shape index (κ3) is 5.49. The van der Waals surface area contributed by atoms with E-state index in [1.165, 1.54) is 31.7 Å². The van der Waals surface area contributed by atoms with Gasteiger partial charge in [0.05, 0.1) is 5.56 Å². The van der Waals surface area contributed by atoms with Crippen molar-refractivity contribution >= 4 is 29.5 Å². The van der Waals surface area contributed by atoms with Gasteiger partial charge in [0.15, 0.2) is 6.10 Å². The molecule has 1 aliphatic rings. The van der Waals surface area contributed by atoms with Crippen LogP contribution in [-0.4, -0.2) is 35.0 Å². The predicted molar refractivity (Wildman–Crippen MR) is 87.7 cm³/mol. The van der Waals surface area contributed by atoms with E-state index >= 15 is 0 Å². The third-order valence-electron chi connectivity index (χ3n) is 3.79. The summed E-state index contributed by atoms with van der Waals surface area (Å²) >= 11 is 5.64.